The van der Waals surface area contributed by atoms with Crippen molar-refractivity contribution in [2.45, 2.75) is 19.4 Å². The smallest absolute Gasteiger partial charge is 0.135 e. The molecule has 2 aromatic rings. The predicted octanol–water partition coefficient (Wildman–Crippen LogP) is 4.02. The Kier molecular flexibility index (Phi) is 3.94. The van der Waals surface area contributed by atoms with Crippen molar-refractivity contribution in [3.05, 3.63) is 41.1 Å². The molecule has 2 N–H and O–H groups in total. The molecule has 4 heteroatoms. The van der Waals surface area contributed by atoms with Gasteiger partial charge in [0.05, 0.1) is 18.2 Å². The lowest BCUT2D eigenvalue weighted by Gasteiger charge is -2.06. The summed E-state index contributed by atoms with van der Waals surface area (Å²) in [6, 6.07) is 9.14. The fraction of sp³-hybridized carbons (Fsp3) is 0.286. The van der Waals surface area contributed by atoms with E-state index in [0.29, 0.717) is 10.8 Å². The van der Waals surface area contributed by atoms with Crippen LogP contribution in [0.4, 0.5) is 0 Å². The Morgan fingerprint density at radius 3 is 2.78 bits per heavy atom. The largest absolute Gasteiger partial charge is 0.497 e. The quantitative estimate of drug-likeness (QED) is 0.908. The van der Waals surface area contributed by atoms with E-state index in [1.807, 2.05) is 31.2 Å². The lowest BCUT2D eigenvalue weighted by molar-refractivity contribution is 0.414. The van der Waals surface area contributed by atoms with E-state index in [1.165, 1.54) is 0 Å². The van der Waals surface area contributed by atoms with E-state index in [4.69, 9.17) is 26.5 Å². The molecule has 0 spiro atoms. The van der Waals surface area contributed by atoms with Crippen molar-refractivity contribution >= 4 is 11.6 Å². The summed E-state index contributed by atoms with van der Waals surface area (Å²) < 4.78 is 10.9. The minimum Gasteiger partial charge on any atom is -0.497 e. The number of furan rings is 1. The van der Waals surface area contributed by atoms with Gasteiger partial charge >= 0.3 is 0 Å². The van der Waals surface area contributed by atoms with Crippen molar-refractivity contribution < 1.29 is 9.15 Å². The van der Waals surface area contributed by atoms with Gasteiger partial charge in [-0.25, -0.2) is 0 Å². The fourth-order valence-corrected chi connectivity index (χ4v) is 1.93. The van der Waals surface area contributed by atoms with Crippen LogP contribution in [0.25, 0.3) is 11.3 Å². The number of hydrogen-bond acceptors (Lipinski definition) is 3. The maximum absolute atomic E-state index is 6.16. The first kappa shape index (κ1) is 13.0. The summed E-state index contributed by atoms with van der Waals surface area (Å²) in [6.07, 6.45) is 0.832. The van der Waals surface area contributed by atoms with Crippen LogP contribution in [0, 0.1) is 0 Å². The van der Waals surface area contributed by atoms with Crippen molar-refractivity contribution in [1.29, 1.82) is 0 Å². The molecule has 0 aliphatic rings. The zero-order chi connectivity index (χ0) is 13.1. The summed E-state index contributed by atoms with van der Waals surface area (Å²) in [6.45, 7) is 2.02. The summed E-state index contributed by atoms with van der Waals surface area (Å²) in [5.74, 6) is 2.22. The molecule has 3 nitrogen and oxygen atoms in total. The molecule has 0 saturated heterocycles. The van der Waals surface area contributed by atoms with E-state index in [0.717, 1.165) is 23.5 Å². The first-order valence-corrected chi connectivity index (χ1v) is 6.22. The maximum atomic E-state index is 6.16. The number of rotatable bonds is 4. The molecule has 1 atom stereocenters. The van der Waals surface area contributed by atoms with Gasteiger partial charge in [0.15, 0.2) is 0 Å². The molecule has 18 heavy (non-hydrogen) atoms. The van der Waals surface area contributed by atoms with Gasteiger partial charge in [-0.3, -0.25) is 0 Å². The first-order chi connectivity index (χ1) is 8.65. The first-order valence-electron chi connectivity index (χ1n) is 5.85. The second kappa shape index (κ2) is 5.46. The van der Waals surface area contributed by atoms with Crippen LogP contribution in [-0.4, -0.2) is 7.11 Å². The molecule has 1 aromatic heterocycles. The third-order valence-corrected chi connectivity index (χ3v) is 3.20. The Hall–Kier alpha value is -1.45. The van der Waals surface area contributed by atoms with Crippen LogP contribution in [0.3, 0.4) is 0 Å². The zero-order valence-electron chi connectivity index (χ0n) is 10.4. The Bertz CT molecular complexity index is 536. The second-order valence-electron chi connectivity index (χ2n) is 4.06. The SMILES string of the molecule is CCC(N)c1ccc(-c2cc(OC)ccc2Cl)o1. The van der Waals surface area contributed by atoms with Crippen LogP contribution in [0.1, 0.15) is 25.1 Å². The summed E-state index contributed by atoms with van der Waals surface area (Å²) >= 11 is 6.16. The molecule has 96 valence electrons. The van der Waals surface area contributed by atoms with Crippen molar-refractivity contribution in [2.75, 3.05) is 7.11 Å². The van der Waals surface area contributed by atoms with Gasteiger partial charge in [0.2, 0.25) is 0 Å². The number of halogens is 1. The molecule has 0 radical (unpaired) electrons. The van der Waals surface area contributed by atoms with E-state index in [-0.39, 0.29) is 6.04 Å². The Balaban J connectivity index is 2.39. The molecule has 1 aromatic carbocycles. The van der Waals surface area contributed by atoms with Crippen molar-refractivity contribution in [1.82, 2.24) is 0 Å². The van der Waals surface area contributed by atoms with Gasteiger partial charge in [-0.15, -0.1) is 0 Å². The number of hydrogen-bond donors (Lipinski definition) is 1. The van der Waals surface area contributed by atoms with Crippen LogP contribution in [0.15, 0.2) is 34.7 Å². The number of ether oxygens (including phenoxy) is 1. The van der Waals surface area contributed by atoms with Crippen LogP contribution in [0.2, 0.25) is 5.02 Å². The molecule has 1 unspecified atom stereocenters. The standard InChI is InChI=1S/C14H16ClNO2/c1-3-12(16)14-7-6-13(18-14)10-8-9(17-2)4-5-11(10)15/h4-8,12H,3,16H2,1-2H3. The van der Waals surface area contributed by atoms with E-state index < -0.39 is 0 Å². The van der Waals surface area contributed by atoms with E-state index in [1.54, 1.807) is 13.2 Å². The lowest BCUT2D eigenvalue weighted by atomic mass is 10.1. The number of methoxy groups -OCH3 is 1. The maximum Gasteiger partial charge on any atom is 0.135 e. The highest BCUT2D eigenvalue weighted by Crippen LogP contribution is 2.33. The second-order valence-corrected chi connectivity index (χ2v) is 4.47. The molecule has 0 bridgehead atoms. The third-order valence-electron chi connectivity index (χ3n) is 2.87. The molecular formula is C14H16ClNO2. The van der Waals surface area contributed by atoms with Gasteiger partial charge in [0, 0.05) is 5.56 Å². The average Bonchev–Trinajstić information content (AvgIpc) is 2.88. The van der Waals surface area contributed by atoms with Gasteiger partial charge in [-0.05, 0) is 36.8 Å². The molecule has 2 rings (SSSR count). The summed E-state index contributed by atoms with van der Waals surface area (Å²) in [4.78, 5) is 0. The highest BCUT2D eigenvalue weighted by Gasteiger charge is 2.13. The predicted molar refractivity (Wildman–Crippen MR) is 72.9 cm³/mol. The number of benzene rings is 1. The van der Waals surface area contributed by atoms with E-state index in [9.17, 15) is 0 Å². The Morgan fingerprint density at radius 2 is 2.11 bits per heavy atom. The Morgan fingerprint density at radius 1 is 1.33 bits per heavy atom. The molecule has 0 aliphatic carbocycles. The number of nitrogens with two attached hydrogens (primary N) is 1. The average molecular weight is 266 g/mol. The highest BCUT2D eigenvalue weighted by atomic mass is 35.5. The zero-order valence-corrected chi connectivity index (χ0v) is 11.2. The summed E-state index contributed by atoms with van der Waals surface area (Å²) in [5, 5.41) is 0.627. The van der Waals surface area contributed by atoms with Crippen molar-refractivity contribution in [3.8, 4) is 17.1 Å². The monoisotopic (exact) mass is 265 g/mol. The van der Waals surface area contributed by atoms with Crippen LogP contribution in [0.5, 0.6) is 5.75 Å². The molecular weight excluding hydrogens is 250 g/mol. The van der Waals surface area contributed by atoms with Crippen molar-refractivity contribution in [2.24, 2.45) is 5.73 Å². The third kappa shape index (κ3) is 2.52. The Labute approximate surface area is 111 Å². The topological polar surface area (TPSA) is 48.4 Å². The van der Waals surface area contributed by atoms with Crippen LogP contribution in [-0.2, 0) is 0 Å². The fourth-order valence-electron chi connectivity index (χ4n) is 1.72. The van der Waals surface area contributed by atoms with Crippen LogP contribution < -0.4 is 10.5 Å². The highest BCUT2D eigenvalue weighted by molar-refractivity contribution is 6.33. The van der Waals surface area contributed by atoms with Gasteiger partial charge in [0.25, 0.3) is 0 Å². The molecule has 0 aliphatic heterocycles. The molecule has 1 heterocycles. The van der Waals surface area contributed by atoms with Crippen LogP contribution >= 0.6 is 11.6 Å². The van der Waals surface area contributed by atoms with Gasteiger partial charge in [-0.2, -0.15) is 0 Å². The molecule has 0 amide bonds. The molecule has 0 fully saturated rings. The molecule has 0 saturated carbocycles. The van der Waals surface area contributed by atoms with E-state index >= 15 is 0 Å². The summed E-state index contributed by atoms with van der Waals surface area (Å²) in [7, 11) is 1.62. The van der Waals surface area contributed by atoms with Gasteiger partial charge < -0.3 is 14.9 Å². The normalized spacial score (nSPS) is 12.4. The van der Waals surface area contributed by atoms with E-state index in [2.05, 4.69) is 0 Å². The van der Waals surface area contributed by atoms with Gasteiger partial charge in [-0.1, -0.05) is 18.5 Å². The van der Waals surface area contributed by atoms with Gasteiger partial charge in [0.1, 0.15) is 17.3 Å². The summed E-state index contributed by atoms with van der Waals surface area (Å²) in [5.41, 5.74) is 6.74. The van der Waals surface area contributed by atoms with Crippen molar-refractivity contribution in [3.63, 3.8) is 0 Å². The minimum atomic E-state index is -0.0804. The minimum absolute atomic E-state index is 0.0804. The lowest BCUT2D eigenvalue weighted by Crippen LogP contribution is -2.06.